The second-order valence-electron chi connectivity index (χ2n) is 6.27. The number of benzene rings is 2. The fourth-order valence-electron chi connectivity index (χ4n) is 2.49. The van der Waals surface area contributed by atoms with Crippen LogP contribution in [-0.4, -0.2) is 32.2 Å². The summed E-state index contributed by atoms with van der Waals surface area (Å²) >= 11 is 6.18. The second kappa shape index (κ2) is 8.75. The van der Waals surface area contributed by atoms with E-state index in [1.54, 1.807) is 36.4 Å². The fraction of sp³-hybridized carbons (Fsp3) is 0.250. The van der Waals surface area contributed by atoms with Crippen LogP contribution in [0.15, 0.2) is 41.5 Å². The Morgan fingerprint density at radius 1 is 1.11 bits per heavy atom. The third kappa shape index (κ3) is 4.80. The van der Waals surface area contributed by atoms with E-state index in [0.717, 1.165) is 12.8 Å². The molecule has 28 heavy (non-hydrogen) atoms. The lowest BCUT2D eigenvalue weighted by atomic mass is 10.2. The number of anilines is 1. The molecule has 0 heterocycles. The van der Waals surface area contributed by atoms with E-state index in [2.05, 4.69) is 15.8 Å². The Labute approximate surface area is 167 Å². The lowest BCUT2D eigenvalue weighted by Gasteiger charge is -2.09. The minimum atomic E-state index is -0.382. The van der Waals surface area contributed by atoms with E-state index in [1.165, 1.54) is 20.4 Å². The summed E-state index contributed by atoms with van der Waals surface area (Å²) in [6.07, 6.45) is 3.30. The molecule has 0 spiro atoms. The van der Waals surface area contributed by atoms with Gasteiger partial charge in [-0.05, 0) is 43.2 Å². The molecule has 3 rings (SSSR count). The standard InChI is InChI=1S/C20H20ClN3O4/c1-27-17-9-14(16(21)10-18(17)28-2)11-22-24-20(26)13-5-7-15(8-6-13)23-19(25)12-3-4-12/h5-12H,3-4H2,1-2H3,(H,23,25)(H,24,26)/b22-11+. The summed E-state index contributed by atoms with van der Waals surface area (Å²) in [7, 11) is 3.04. The van der Waals surface area contributed by atoms with Crippen molar-refractivity contribution in [3.8, 4) is 11.5 Å². The predicted octanol–water partition coefficient (Wildman–Crippen LogP) is 3.47. The molecule has 2 aromatic carbocycles. The average Bonchev–Trinajstić information content (AvgIpc) is 3.54. The molecule has 2 amide bonds. The van der Waals surface area contributed by atoms with Crippen molar-refractivity contribution in [1.29, 1.82) is 0 Å². The Hall–Kier alpha value is -3.06. The van der Waals surface area contributed by atoms with Crippen LogP contribution in [0.2, 0.25) is 5.02 Å². The van der Waals surface area contributed by atoms with Crippen LogP contribution in [0.4, 0.5) is 5.69 Å². The van der Waals surface area contributed by atoms with E-state index in [0.29, 0.717) is 33.3 Å². The topological polar surface area (TPSA) is 89.0 Å². The molecule has 0 aliphatic heterocycles. The summed E-state index contributed by atoms with van der Waals surface area (Å²) in [6.45, 7) is 0. The van der Waals surface area contributed by atoms with Crippen LogP contribution in [-0.2, 0) is 4.79 Å². The van der Waals surface area contributed by atoms with Crippen LogP contribution >= 0.6 is 11.6 Å². The maximum Gasteiger partial charge on any atom is 0.271 e. The van der Waals surface area contributed by atoms with E-state index in [9.17, 15) is 9.59 Å². The molecule has 0 unspecified atom stereocenters. The number of amides is 2. The van der Waals surface area contributed by atoms with Crippen LogP contribution < -0.4 is 20.2 Å². The minimum Gasteiger partial charge on any atom is -0.493 e. The van der Waals surface area contributed by atoms with Gasteiger partial charge in [0.2, 0.25) is 5.91 Å². The molecule has 2 N–H and O–H groups in total. The van der Waals surface area contributed by atoms with Crippen molar-refractivity contribution in [1.82, 2.24) is 5.43 Å². The SMILES string of the molecule is COc1cc(Cl)c(/C=N/NC(=O)c2ccc(NC(=O)C3CC3)cc2)cc1OC. The molecule has 8 heteroatoms. The lowest BCUT2D eigenvalue weighted by Crippen LogP contribution is -2.18. The van der Waals surface area contributed by atoms with Gasteiger partial charge in [0.15, 0.2) is 11.5 Å². The fourth-order valence-corrected chi connectivity index (χ4v) is 2.69. The third-order valence-corrected chi connectivity index (χ3v) is 4.56. The van der Waals surface area contributed by atoms with Crippen LogP contribution in [0.1, 0.15) is 28.8 Å². The molecular formula is C20H20ClN3O4. The Morgan fingerprint density at radius 3 is 2.36 bits per heavy atom. The van der Waals surface area contributed by atoms with Gasteiger partial charge in [-0.2, -0.15) is 5.10 Å². The van der Waals surface area contributed by atoms with Crippen molar-refractivity contribution in [3.05, 3.63) is 52.5 Å². The predicted molar refractivity (Wildman–Crippen MR) is 107 cm³/mol. The van der Waals surface area contributed by atoms with E-state index in [4.69, 9.17) is 21.1 Å². The van der Waals surface area contributed by atoms with Crippen LogP contribution in [0.5, 0.6) is 11.5 Å². The van der Waals surface area contributed by atoms with E-state index >= 15 is 0 Å². The first kappa shape index (κ1) is 19.7. The molecule has 1 aliphatic rings. The second-order valence-corrected chi connectivity index (χ2v) is 6.68. The molecule has 146 valence electrons. The number of halogens is 1. The molecule has 0 radical (unpaired) electrons. The first-order valence-corrected chi connectivity index (χ1v) is 9.05. The van der Waals surface area contributed by atoms with Gasteiger partial charge in [0.1, 0.15) is 0 Å². The number of carbonyl (C=O) groups is 2. The average molecular weight is 402 g/mol. The maximum absolute atomic E-state index is 12.2. The highest BCUT2D eigenvalue weighted by atomic mass is 35.5. The highest BCUT2D eigenvalue weighted by Gasteiger charge is 2.29. The monoisotopic (exact) mass is 401 g/mol. The van der Waals surface area contributed by atoms with Crippen molar-refractivity contribution in [3.63, 3.8) is 0 Å². The quantitative estimate of drug-likeness (QED) is 0.549. The van der Waals surface area contributed by atoms with E-state index < -0.39 is 0 Å². The van der Waals surface area contributed by atoms with Gasteiger partial charge in [-0.25, -0.2) is 5.43 Å². The summed E-state index contributed by atoms with van der Waals surface area (Å²) in [4.78, 5) is 24.0. The first-order chi connectivity index (χ1) is 13.5. The number of hydrogen-bond donors (Lipinski definition) is 2. The lowest BCUT2D eigenvalue weighted by molar-refractivity contribution is -0.117. The van der Waals surface area contributed by atoms with Crippen LogP contribution in [0.3, 0.4) is 0 Å². The Bertz CT molecular complexity index is 908. The highest BCUT2D eigenvalue weighted by molar-refractivity contribution is 6.33. The molecule has 7 nitrogen and oxygen atoms in total. The van der Waals surface area contributed by atoms with Crippen molar-refractivity contribution in [2.45, 2.75) is 12.8 Å². The van der Waals surface area contributed by atoms with Gasteiger partial charge < -0.3 is 14.8 Å². The molecule has 1 saturated carbocycles. The molecule has 0 aromatic heterocycles. The van der Waals surface area contributed by atoms with Crippen molar-refractivity contribution < 1.29 is 19.1 Å². The number of rotatable bonds is 7. The number of hydrogen-bond acceptors (Lipinski definition) is 5. The molecular weight excluding hydrogens is 382 g/mol. The summed E-state index contributed by atoms with van der Waals surface area (Å²) in [5.74, 6) is 0.772. The number of nitrogens with zero attached hydrogens (tertiary/aromatic N) is 1. The normalized spacial score (nSPS) is 13.2. The number of hydrazone groups is 1. The Morgan fingerprint density at radius 2 is 1.75 bits per heavy atom. The minimum absolute atomic E-state index is 0.0219. The van der Waals surface area contributed by atoms with Crippen molar-refractivity contribution in [2.24, 2.45) is 11.0 Å². The third-order valence-electron chi connectivity index (χ3n) is 4.24. The van der Waals surface area contributed by atoms with E-state index in [1.807, 2.05) is 0 Å². The van der Waals surface area contributed by atoms with Gasteiger partial charge in [0.05, 0.1) is 25.5 Å². The van der Waals surface area contributed by atoms with Crippen LogP contribution in [0.25, 0.3) is 0 Å². The smallest absolute Gasteiger partial charge is 0.271 e. The van der Waals surface area contributed by atoms with Gasteiger partial charge in [-0.15, -0.1) is 0 Å². The molecule has 0 atom stereocenters. The van der Waals surface area contributed by atoms with Gasteiger partial charge in [-0.3, -0.25) is 9.59 Å². The first-order valence-electron chi connectivity index (χ1n) is 8.67. The maximum atomic E-state index is 12.2. The zero-order chi connectivity index (χ0) is 20.1. The number of ether oxygens (including phenoxy) is 2. The number of methoxy groups -OCH3 is 2. The number of nitrogens with one attached hydrogen (secondary N) is 2. The highest BCUT2D eigenvalue weighted by Crippen LogP contribution is 2.32. The summed E-state index contributed by atoms with van der Waals surface area (Å²) in [6, 6.07) is 9.88. The summed E-state index contributed by atoms with van der Waals surface area (Å²) < 4.78 is 10.4. The Balaban J connectivity index is 1.61. The summed E-state index contributed by atoms with van der Waals surface area (Å²) in [5.41, 5.74) is 4.09. The van der Waals surface area contributed by atoms with Crippen molar-refractivity contribution >= 4 is 35.3 Å². The Kier molecular flexibility index (Phi) is 6.16. The van der Waals surface area contributed by atoms with Crippen molar-refractivity contribution in [2.75, 3.05) is 19.5 Å². The van der Waals surface area contributed by atoms with Gasteiger partial charge >= 0.3 is 0 Å². The largest absolute Gasteiger partial charge is 0.493 e. The number of carbonyl (C=O) groups excluding carboxylic acids is 2. The summed E-state index contributed by atoms with van der Waals surface area (Å²) in [5, 5.41) is 7.17. The molecule has 0 saturated heterocycles. The van der Waals surface area contributed by atoms with Gasteiger partial charge in [0, 0.05) is 28.8 Å². The van der Waals surface area contributed by atoms with Gasteiger partial charge in [-0.1, -0.05) is 11.6 Å². The molecule has 1 aliphatic carbocycles. The zero-order valence-corrected chi connectivity index (χ0v) is 16.2. The van der Waals surface area contributed by atoms with E-state index in [-0.39, 0.29) is 17.7 Å². The van der Waals surface area contributed by atoms with Crippen LogP contribution in [0, 0.1) is 5.92 Å². The van der Waals surface area contributed by atoms with Gasteiger partial charge in [0.25, 0.3) is 5.91 Å². The molecule has 1 fully saturated rings. The zero-order valence-electron chi connectivity index (χ0n) is 15.5. The molecule has 2 aromatic rings. The molecule has 0 bridgehead atoms.